The first-order valence-corrected chi connectivity index (χ1v) is 7.39. The van der Waals surface area contributed by atoms with Gasteiger partial charge in [0.05, 0.1) is 4.45 Å². The molecule has 0 bridgehead atoms. The van der Waals surface area contributed by atoms with Crippen molar-refractivity contribution in [2.24, 2.45) is 0 Å². The molecule has 0 heterocycles. The predicted molar refractivity (Wildman–Crippen MR) is 57.9 cm³/mol. The summed E-state index contributed by atoms with van der Waals surface area (Å²) in [4.78, 5) is 0. The lowest BCUT2D eigenvalue weighted by molar-refractivity contribution is 0.240. The van der Waals surface area contributed by atoms with E-state index in [-0.39, 0.29) is 0 Å². The first-order valence-electron chi connectivity index (χ1n) is 4.37. The number of alkyl halides is 1. The van der Waals surface area contributed by atoms with E-state index in [1.165, 1.54) is 12.8 Å². The molecule has 0 N–H and O–H groups in total. The Labute approximate surface area is 85.0 Å². The average molecular weight is 255 g/mol. The summed E-state index contributed by atoms with van der Waals surface area (Å²) in [5.41, 5.74) is 0. The highest BCUT2D eigenvalue weighted by Crippen LogP contribution is 2.24. The maximum Gasteiger partial charge on any atom is 0.351 e. The molecule has 0 saturated heterocycles. The van der Waals surface area contributed by atoms with E-state index in [1.54, 1.807) is 14.2 Å². The maximum atomic E-state index is 5.52. The molecular weight excluding hydrogens is 236 g/mol. The third kappa shape index (κ3) is 3.16. The van der Waals surface area contributed by atoms with Gasteiger partial charge in [0.15, 0.2) is 0 Å². The third-order valence-electron chi connectivity index (χ3n) is 2.18. The smallest absolute Gasteiger partial charge is 0.351 e. The largest absolute Gasteiger partial charge is 0.397 e. The van der Waals surface area contributed by atoms with Crippen molar-refractivity contribution in [1.82, 2.24) is 0 Å². The van der Waals surface area contributed by atoms with Crippen molar-refractivity contribution >= 4 is 24.5 Å². The molecule has 0 aromatic rings. The van der Waals surface area contributed by atoms with E-state index in [0.29, 0.717) is 4.45 Å². The molecule has 1 atom stereocenters. The molecule has 0 radical (unpaired) electrons. The Kier molecular flexibility index (Phi) is 6.44. The van der Waals surface area contributed by atoms with Gasteiger partial charge in [0, 0.05) is 14.2 Å². The second kappa shape index (κ2) is 6.13. The number of hydrogen-bond donors (Lipinski definition) is 0. The van der Waals surface area contributed by atoms with Crippen LogP contribution in [-0.4, -0.2) is 27.2 Å². The highest BCUT2D eigenvalue weighted by atomic mass is 79.9. The monoisotopic (exact) mass is 254 g/mol. The summed E-state index contributed by atoms with van der Waals surface area (Å²) in [6, 6.07) is 1.07. The second-order valence-corrected chi connectivity index (χ2v) is 8.96. The van der Waals surface area contributed by atoms with Crippen LogP contribution in [-0.2, 0) is 8.85 Å². The van der Waals surface area contributed by atoms with E-state index < -0.39 is 8.56 Å². The second-order valence-electron chi connectivity index (χ2n) is 2.94. The van der Waals surface area contributed by atoms with Gasteiger partial charge in [-0.25, -0.2) is 0 Å². The van der Waals surface area contributed by atoms with Crippen LogP contribution in [0.4, 0.5) is 0 Å². The van der Waals surface area contributed by atoms with E-state index in [2.05, 4.69) is 29.8 Å². The first-order chi connectivity index (χ1) is 5.63. The Bertz CT molecular complexity index is 116. The van der Waals surface area contributed by atoms with Crippen molar-refractivity contribution in [1.29, 1.82) is 0 Å². The van der Waals surface area contributed by atoms with Crippen molar-refractivity contribution in [2.75, 3.05) is 14.2 Å². The SMILES string of the molecule is CCCC[Si](OC)(OC)C(C)Br. The normalized spacial score (nSPS) is 14.8. The average Bonchev–Trinajstić information content (AvgIpc) is 2.07. The first kappa shape index (κ1) is 12.6. The summed E-state index contributed by atoms with van der Waals surface area (Å²) in [7, 11) is 1.58. The van der Waals surface area contributed by atoms with E-state index in [0.717, 1.165) is 6.04 Å². The summed E-state index contributed by atoms with van der Waals surface area (Å²) < 4.78 is 11.4. The van der Waals surface area contributed by atoms with Crippen LogP contribution in [0.2, 0.25) is 6.04 Å². The maximum absolute atomic E-state index is 5.52. The number of rotatable bonds is 6. The molecular formula is C8H19BrO2Si. The minimum atomic E-state index is -1.93. The molecule has 0 aromatic heterocycles. The standard InChI is InChI=1S/C8H19BrO2Si/c1-5-6-7-12(10-3,11-4)8(2)9/h8H,5-7H2,1-4H3. The van der Waals surface area contributed by atoms with Crippen LogP contribution >= 0.6 is 15.9 Å². The molecule has 12 heavy (non-hydrogen) atoms. The molecule has 4 heteroatoms. The van der Waals surface area contributed by atoms with E-state index in [9.17, 15) is 0 Å². The van der Waals surface area contributed by atoms with Crippen LogP contribution in [0.5, 0.6) is 0 Å². The van der Waals surface area contributed by atoms with Crippen molar-refractivity contribution in [2.45, 2.75) is 37.2 Å². The molecule has 2 nitrogen and oxygen atoms in total. The van der Waals surface area contributed by atoms with E-state index in [1.807, 2.05) is 0 Å². The molecule has 0 aliphatic heterocycles. The summed E-state index contributed by atoms with van der Waals surface area (Å²) in [5.74, 6) is 0. The minimum Gasteiger partial charge on any atom is -0.397 e. The number of halogens is 1. The van der Waals surface area contributed by atoms with Gasteiger partial charge in [-0.2, -0.15) is 0 Å². The minimum absolute atomic E-state index is 0.353. The molecule has 0 spiro atoms. The zero-order valence-electron chi connectivity index (χ0n) is 8.39. The molecule has 0 fully saturated rings. The lowest BCUT2D eigenvalue weighted by atomic mass is 10.4. The van der Waals surface area contributed by atoms with E-state index in [4.69, 9.17) is 8.85 Å². The highest BCUT2D eigenvalue weighted by Gasteiger charge is 2.39. The Hall–Kier alpha value is 0.617. The Morgan fingerprint density at radius 1 is 1.33 bits per heavy atom. The fourth-order valence-electron chi connectivity index (χ4n) is 1.23. The summed E-state index contributed by atoms with van der Waals surface area (Å²) in [5, 5.41) is 0. The Morgan fingerprint density at radius 2 is 1.83 bits per heavy atom. The predicted octanol–water partition coefficient (Wildman–Crippen LogP) is 2.84. The van der Waals surface area contributed by atoms with Gasteiger partial charge in [0.2, 0.25) is 0 Å². The molecule has 0 aliphatic carbocycles. The fraction of sp³-hybridized carbons (Fsp3) is 1.00. The van der Waals surface area contributed by atoms with Crippen LogP contribution in [0.15, 0.2) is 0 Å². The number of unbranched alkanes of at least 4 members (excludes halogenated alkanes) is 1. The zero-order valence-corrected chi connectivity index (χ0v) is 11.0. The van der Waals surface area contributed by atoms with Gasteiger partial charge in [-0.15, -0.1) is 0 Å². The van der Waals surface area contributed by atoms with Crippen LogP contribution in [0.25, 0.3) is 0 Å². The van der Waals surface area contributed by atoms with Gasteiger partial charge < -0.3 is 8.85 Å². The molecule has 0 saturated carbocycles. The molecule has 0 rings (SSSR count). The van der Waals surface area contributed by atoms with Gasteiger partial charge in [0.25, 0.3) is 0 Å². The van der Waals surface area contributed by atoms with E-state index >= 15 is 0 Å². The topological polar surface area (TPSA) is 18.5 Å². The van der Waals surface area contributed by atoms with Gasteiger partial charge in [-0.1, -0.05) is 42.6 Å². The quantitative estimate of drug-likeness (QED) is 0.536. The molecule has 0 amide bonds. The van der Waals surface area contributed by atoms with Crippen molar-refractivity contribution in [3.63, 3.8) is 0 Å². The molecule has 0 aromatic carbocycles. The zero-order chi connectivity index (χ0) is 9.61. The van der Waals surface area contributed by atoms with Crippen LogP contribution in [0.1, 0.15) is 26.7 Å². The fourth-order valence-corrected chi connectivity index (χ4v) is 5.51. The lowest BCUT2D eigenvalue weighted by Gasteiger charge is -2.29. The lowest BCUT2D eigenvalue weighted by Crippen LogP contribution is -2.47. The van der Waals surface area contributed by atoms with Gasteiger partial charge in [0.1, 0.15) is 0 Å². The third-order valence-corrected chi connectivity index (χ3v) is 7.91. The van der Waals surface area contributed by atoms with Crippen molar-refractivity contribution in [3.05, 3.63) is 0 Å². The number of hydrogen-bond acceptors (Lipinski definition) is 2. The summed E-state index contributed by atoms with van der Waals surface area (Å²) in [6.07, 6.45) is 2.38. The van der Waals surface area contributed by atoms with Crippen LogP contribution in [0, 0.1) is 0 Å². The molecule has 1 unspecified atom stereocenters. The van der Waals surface area contributed by atoms with Gasteiger partial charge >= 0.3 is 8.56 Å². The molecule has 74 valence electrons. The van der Waals surface area contributed by atoms with Gasteiger partial charge in [-0.05, 0) is 6.04 Å². The summed E-state index contributed by atoms with van der Waals surface area (Å²) in [6.45, 7) is 4.29. The van der Waals surface area contributed by atoms with Gasteiger partial charge in [-0.3, -0.25) is 0 Å². The summed E-state index contributed by atoms with van der Waals surface area (Å²) >= 11 is 3.56. The Balaban J connectivity index is 4.15. The van der Waals surface area contributed by atoms with Crippen LogP contribution < -0.4 is 0 Å². The Morgan fingerprint density at radius 3 is 2.08 bits per heavy atom. The van der Waals surface area contributed by atoms with Crippen LogP contribution in [0.3, 0.4) is 0 Å². The highest BCUT2D eigenvalue weighted by molar-refractivity contribution is 9.10. The molecule has 0 aliphatic rings. The van der Waals surface area contributed by atoms with Crippen molar-refractivity contribution in [3.8, 4) is 0 Å². The van der Waals surface area contributed by atoms with Crippen molar-refractivity contribution < 1.29 is 8.85 Å².